The Morgan fingerprint density at radius 3 is 2.45 bits per heavy atom. The Hall–Kier alpha value is -0.0800. The molecule has 0 bridgehead atoms. The van der Waals surface area contributed by atoms with Crippen molar-refractivity contribution in [2.75, 3.05) is 13.2 Å². The first-order valence-corrected chi connectivity index (χ1v) is 4.58. The third kappa shape index (κ3) is 1.94. The van der Waals surface area contributed by atoms with Crippen LogP contribution in [-0.4, -0.2) is 24.8 Å². The summed E-state index contributed by atoms with van der Waals surface area (Å²) >= 11 is 0. The number of hydrogen-bond acceptors (Lipinski definition) is 2. The van der Waals surface area contributed by atoms with Gasteiger partial charge in [0, 0.05) is 11.6 Å². The highest BCUT2D eigenvalue weighted by atomic mass is 16.5. The van der Waals surface area contributed by atoms with Crippen LogP contribution in [0.25, 0.3) is 0 Å². The third-order valence-electron chi connectivity index (χ3n) is 2.65. The summed E-state index contributed by atoms with van der Waals surface area (Å²) in [5.74, 6) is 0. The summed E-state index contributed by atoms with van der Waals surface area (Å²) in [5, 5.41) is 3.60. The second-order valence-corrected chi connectivity index (χ2v) is 3.55. The summed E-state index contributed by atoms with van der Waals surface area (Å²) in [4.78, 5) is 0. The van der Waals surface area contributed by atoms with Crippen LogP contribution in [-0.2, 0) is 4.74 Å². The molecule has 0 amide bonds. The fraction of sp³-hybridized carbons (Fsp3) is 1.00. The molecule has 1 heterocycles. The number of nitrogens with one attached hydrogen (secondary N) is 1. The van der Waals surface area contributed by atoms with Crippen LogP contribution in [0, 0.1) is 0 Å². The van der Waals surface area contributed by atoms with E-state index in [1.54, 1.807) is 0 Å². The van der Waals surface area contributed by atoms with Crippen LogP contribution in [0.5, 0.6) is 0 Å². The van der Waals surface area contributed by atoms with Crippen LogP contribution in [0.3, 0.4) is 0 Å². The zero-order chi connectivity index (χ0) is 8.32. The molecule has 1 N–H and O–H groups in total. The molecule has 2 heteroatoms. The molecule has 0 unspecified atom stereocenters. The SMILES string of the molecule is CCC1(CC)COC[C@@H](C)N1. The molecule has 66 valence electrons. The molecule has 2 nitrogen and oxygen atoms in total. The van der Waals surface area contributed by atoms with Crippen molar-refractivity contribution in [3.63, 3.8) is 0 Å². The molecule has 0 aromatic heterocycles. The molecule has 1 aliphatic rings. The van der Waals surface area contributed by atoms with E-state index in [9.17, 15) is 0 Å². The van der Waals surface area contributed by atoms with Gasteiger partial charge in [-0.15, -0.1) is 0 Å². The minimum Gasteiger partial charge on any atom is -0.378 e. The van der Waals surface area contributed by atoms with Gasteiger partial charge in [0.1, 0.15) is 0 Å². The van der Waals surface area contributed by atoms with Gasteiger partial charge in [-0.3, -0.25) is 0 Å². The van der Waals surface area contributed by atoms with Crippen LogP contribution in [0.4, 0.5) is 0 Å². The first kappa shape index (κ1) is 9.01. The molecular formula is C9H19NO. The van der Waals surface area contributed by atoms with Gasteiger partial charge in [-0.1, -0.05) is 13.8 Å². The molecule has 1 atom stereocenters. The molecule has 0 aliphatic carbocycles. The van der Waals surface area contributed by atoms with E-state index in [0.717, 1.165) is 26.1 Å². The van der Waals surface area contributed by atoms with E-state index in [4.69, 9.17) is 4.74 Å². The molecule has 0 aromatic rings. The first-order valence-electron chi connectivity index (χ1n) is 4.58. The molecule has 1 rings (SSSR count). The standard InChI is InChI=1S/C9H19NO/c1-4-9(5-2)7-11-6-8(3)10-9/h8,10H,4-7H2,1-3H3/t8-/m1/s1. The summed E-state index contributed by atoms with van der Waals surface area (Å²) in [6, 6.07) is 0.517. The van der Waals surface area contributed by atoms with Crippen LogP contribution >= 0.6 is 0 Å². The summed E-state index contributed by atoms with van der Waals surface area (Å²) in [7, 11) is 0. The summed E-state index contributed by atoms with van der Waals surface area (Å²) < 4.78 is 5.52. The molecular weight excluding hydrogens is 138 g/mol. The van der Waals surface area contributed by atoms with Gasteiger partial charge >= 0.3 is 0 Å². The van der Waals surface area contributed by atoms with E-state index in [1.807, 2.05) is 0 Å². The third-order valence-corrected chi connectivity index (χ3v) is 2.65. The minimum absolute atomic E-state index is 0.262. The van der Waals surface area contributed by atoms with Gasteiger partial charge in [0.25, 0.3) is 0 Å². The Kier molecular flexibility index (Phi) is 2.90. The van der Waals surface area contributed by atoms with Crippen LogP contribution in [0.15, 0.2) is 0 Å². The molecule has 0 spiro atoms. The lowest BCUT2D eigenvalue weighted by Crippen LogP contribution is -2.57. The smallest absolute Gasteiger partial charge is 0.0648 e. The summed E-state index contributed by atoms with van der Waals surface area (Å²) in [6.07, 6.45) is 2.32. The molecule has 11 heavy (non-hydrogen) atoms. The lowest BCUT2D eigenvalue weighted by Gasteiger charge is -2.40. The Labute approximate surface area is 69.3 Å². The normalized spacial score (nSPS) is 30.3. The van der Waals surface area contributed by atoms with E-state index < -0.39 is 0 Å². The molecule has 0 saturated carbocycles. The van der Waals surface area contributed by atoms with Gasteiger partial charge in [0.05, 0.1) is 13.2 Å². The first-order chi connectivity index (χ1) is 5.22. The topological polar surface area (TPSA) is 21.3 Å². The largest absolute Gasteiger partial charge is 0.378 e. The number of ether oxygens (including phenoxy) is 1. The van der Waals surface area contributed by atoms with Crippen molar-refractivity contribution in [2.24, 2.45) is 0 Å². The van der Waals surface area contributed by atoms with Crippen molar-refractivity contribution >= 4 is 0 Å². The van der Waals surface area contributed by atoms with E-state index in [0.29, 0.717) is 6.04 Å². The quantitative estimate of drug-likeness (QED) is 0.656. The van der Waals surface area contributed by atoms with Crippen molar-refractivity contribution in [3.8, 4) is 0 Å². The Morgan fingerprint density at radius 1 is 1.45 bits per heavy atom. The lowest BCUT2D eigenvalue weighted by atomic mass is 9.92. The monoisotopic (exact) mass is 157 g/mol. The van der Waals surface area contributed by atoms with Gasteiger partial charge < -0.3 is 10.1 Å². The van der Waals surface area contributed by atoms with E-state index >= 15 is 0 Å². The van der Waals surface area contributed by atoms with Crippen LogP contribution in [0.1, 0.15) is 33.6 Å². The highest BCUT2D eigenvalue weighted by Crippen LogP contribution is 2.19. The van der Waals surface area contributed by atoms with Crippen molar-refractivity contribution < 1.29 is 4.74 Å². The summed E-state index contributed by atoms with van der Waals surface area (Å²) in [5.41, 5.74) is 0.262. The molecule has 0 radical (unpaired) electrons. The second-order valence-electron chi connectivity index (χ2n) is 3.55. The fourth-order valence-electron chi connectivity index (χ4n) is 1.70. The van der Waals surface area contributed by atoms with Gasteiger partial charge in [0.2, 0.25) is 0 Å². The lowest BCUT2D eigenvalue weighted by molar-refractivity contribution is -0.000691. The Balaban J connectivity index is 2.52. The maximum absolute atomic E-state index is 5.52. The van der Waals surface area contributed by atoms with Gasteiger partial charge in [-0.25, -0.2) is 0 Å². The molecule has 1 saturated heterocycles. The van der Waals surface area contributed by atoms with Crippen molar-refractivity contribution in [2.45, 2.75) is 45.2 Å². The van der Waals surface area contributed by atoms with Crippen LogP contribution in [0.2, 0.25) is 0 Å². The number of hydrogen-bond donors (Lipinski definition) is 1. The predicted octanol–water partition coefficient (Wildman–Crippen LogP) is 1.55. The maximum atomic E-state index is 5.52. The number of morpholine rings is 1. The summed E-state index contributed by atoms with van der Waals surface area (Å²) in [6.45, 7) is 8.36. The van der Waals surface area contributed by atoms with Crippen molar-refractivity contribution in [3.05, 3.63) is 0 Å². The van der Waals surface area contributed by atoms with Crippen molar-refractivity contribution in [1.82, 2.24) is 5.32 Å². The maximum Gasteiger partial charge on any atom is 0.0648 e. The zero-order valence-electron chi connectivity index (χ0n) is 7.81. The average Bonchev–Trinajstić information content (AvgIpc) is 2.04. The zero-order valence-corrected chi connectivity index (χ0v) is 7.81. The Bertz CT molecular complexity index is 121. The van der Waals surface area contributed by atoms with Gasteiger partial charge in [-0.05, 0) is 19.8 Å². The highest BCUT2D eigenvalue weighted by molar-refractivity contribution is 4.90. The fourth-order valence-corrected chi connectivity index (χ4v) is 1.70. The van der Waals surface area contributed by atoms with E-state index in [1.165, 1.54) is 0 Å². The molecule has 1 aliphatic heterocycles. The van der Waals surface area contributed by atoms with E-state index in [2.05, 4.69) is 26.1 Å². The van der Waals surface area contributed by atoms with Crippen molar-refractivity contribution in [1.29, 1.82) is 0 Å². The predicted molar refractivity (Wildman–Crippen MR) is 46.7 cm³/mol. The molecule has 1 fully saturated rings. The van der Waals surface area contributed by atoms with Crippen LogP contribution < -0.4 is 5.32 Å². The molecule has 0 aromatic carbocycles. The number of rotatable bonds is 2. The van der Waals surface area contributed by atoms with Gasteiger partial charge in [-0.2, -0.15) is 0 Å². The minimum atomic E-state index is 0.262. The highest BCUT2D eigenvalue weighted by Gasteiger charge is 2.31. The van der Waals surface area contributed by atoms with Gasteiger partial charge in [0.15, 0.2) is 0 Å². The Morgan fingerprint density at radius 2 is 2.09 bits per heavy atom. The second kappa shape index (κ2) is 3.55. The van der Waals surface area contributed by atoms with E-state index in [-0.39, 0.29) is 5.54 Å². The average molecular weight is 157 g/mol.